The highest BCUT2D eigenvalue weighted by Gasteiger charge is 2.16. The van der Waals surface area contributed by atoms with E-state index in [9.17, 15) is 24.9 Å². The molecule has 0 heterocycles. The Morgan fingerprint density at radius 2 is 1.29 bits per heavy atom. The number of carbonyl (C=O) groups is 2. The summed E-state index contributed by atoms with van der Waals surface area (Å²) in [7, 11) is 0. The van der Waals surface area contributed by atoms with Crippen molar-refractivity contribution >= 4 is 11.9 Å². The topological polar surface area (TPSA) is 113 Å². The molecule has 0 rings (SSSR count). The van der Waals surface area contributed by atoms with Gasteiger partial charge in [0.25, 0.3) is 0 Å². The number of ether oxygens (including phenoxy) is 2. The van der Waals surface area contributed by atoms with Gasteiger partial charge in [0, 0.05) is 12.8 Å². The minimum atomic E-state index is -0.861. The Hall–Kier alpha value is -2.74. The third-order valence-corrected chi connectivity index (χ3v) is 8.23. The third-order valence-electron chi connectivity index (χ3n) is 8.23. The van der Waals surface area contributed by atoms with Crippen molar-refractivity contribution in [2.75, 3.05) is 13.2 Å². The molecule has 0 aliphatic heterocycles. The molecule has 4 atom stereocenters. The third kappa shape index (κ3) is 33.5. The van der Waals surface area contributed by atoms with Gasteiger partial charge >= 0.3 is 11.9 Å². The summed E-state index contributed by atoms with van der Waals surface area (Å²) >= 11 is 0. The molecule has 0 radical (unpaired) electrons. The number of aliphatic hydroxyl groups excluding tert-OH is 3. The molecule has 49 heavy (non-hydrogen) atoms. The number of hydrogen-bond acceptors (Lipinski definition) is 7. The van der Waals surface area contributed by atoms with Crippen LogP contribution in [0, 0.1) is 5.92 Å². The maximum absolute atomic E-state index is 12.2. The van der Waals surface area contributed by atoms with Gasteiger partial charge in [0.2, 0.25) is 0 Å². The smallest absolute Gasteiger partial charge is 0.306 e. The van der Waals surface area contributed by atoms with Gasteiger partial charge < -0.3 is 24.8 Å². The lowest BCUT2D eigenvalue weighted by atomic mass is 9.99. The van der Waals surface area contributed by atoms with Crippen molar-refractivity contribution in [3.8, 4) is 0 Å². The Bertz CT molecular complexity index is 962. The van der Waals surface area contributed by atoms with E-state index in [0.717, 1.165) is 38.0 Å². The van der Waals surface area contributed by atoms with E-state index in [-0.39, 0.29) is 19.0 Å². The van der Waals surface area contributed by atoms with Crippen molar-refractivity contribution in [3.63, 3.8) is 0 Å². The minimum Gasteiger partial charge on any atom is -0.462 e. The Labute approximate surface area is 298 Å². The van der Waals surface area contributed by atoms with E-state index in [1.54, 1.807) is 24.3 Å². The van der Waals surface area contributed by atoms with Crippen molar-refractivity contribution in [2.45, 2.75) is 161 Å². The Balaban J connectivity index is 3.89. The number of rotatable bonds is 32. The van der Waals surface area contributed by atoms with E-state index in [1.165, 1.54) is 57.8 Å². The molecule has 280 valence electrons. The van der Waals surface area contributed by atoms with Crippen LogP contribution < -0.4 is 0 Å². The Morgan fingerprint density at radius 3 is 1.92 bits per heavy atom. The van der Waals surface area contributed by atoms with E-state index in [2.05, 4.69) is 20.8 Å². The van der Waals surface area contributed by atoms with Crippen LogP contribution >= 0.6 is 0 Å². The molecule has 0 aromatic heterocycles. The molecule has 0 aliphatic carbocycles. The zero-order chi connectivity index (χ0) is 36.2. The highest BCUT2D eigenvalue weighted by atomic mass is 16.6. The highest BCUT2D eigenvalue weighted by Crippen LogP contribution is 2.15. The van der Waals surface area contributed by atoms with E-state index in [4.69, 9.17) is 9.47 Å². The zero-order valence-corrected chi connectivity index (χ0v) is 31.1. The van der Waals surface area contributed by atoms with Crippen LogP contribution in [0.1, 0.15) is 143 Å². The SMILES string of the molecule is CC/C=C\C[C@H](O)/C=C/C=C\C/C=C\C=C\[C@H](O)/C=C\CCCC(=O)O[C@@H](CO)COC(=O)CCCCCCCCCCCCC(C)CC. The Kier molecular flexibility index (Phi) is 33.1. The van der Waals surface area contributed by atoms with Crippen LogP contribution in [0.5, 0.6) is 0 Å². The molecular formula is C42H70O7. The summed E-state index contributed by atoms with van der Waals surface area (Å²) in [4.78, 5) is 24.2. The average Bonchev–Trinajstić information content (AvgIpc) is 3.09. The fourth-order valence-electron chi connectivity index (χ4n) is 4.92. The van der Waals surface area contributed by atoms with Crippen molar-refractivity contribution in [1.29, 1.82) is 0 Å². The van der Waals surface area contributed by atoms with Gasteiger partial charge in [0.05, 0.1) is 18.8 Å². The van der Waals surface area contributed by atoms with E-state index in [1.807, 2.05) is 48.6 Å². The van der Waals surface area contributed by atoms with Crippen LogP contribution in [0.3, 0.4) is 0 Å². The van der Waals surface area contributed by atoms with Gasteiger partial charge in [0.15, 0.2) is 6.10 Å². The van der Waals surface area contributed by atoms with Gasteiger partial charge in [-0.3, -0.25) is 9.59 Å². The Morgan fingerprint density at radius 1 is 0.673 bits per heavy atom. The summed E-state index contributed by atoms with van der Waals surface area (Å²) in [5.41, 5.74) is 0. The molecule has 1 unspecified atom stereocenters. The van der Waals surface area contributed by atoms with Gasteiger partial charge in [-0.15, -0.1) is 0 Å². The molecule has 0 aliphatic rings. The van der Waals surface area contributed by atoms with Gasteiger partial charge in [-0.1, -0.05) is 164 Å². The summed E-state index contributed by atoms with van der Waals surface area (Å²) < 4.78 is 10.5. The lowest BCUT2D eigenvalue weighted by Gasteiger charge is -2.15. The van der Waals surface area contributed by atoms with E-state index < -0.39 is 30.9 Å². The number of allylic oxidation sites excluding steroid dienone is 8. The van der Waals surface area contributed by atoms with Crippen LogP contribution in [-0.4, -0.2) is 58.8 Å². The fourth-order valence-corrected chi connectivity index (χ4v) is 4.92. The summed E-state index contributed by atoms with van der Waals surface area (Å²) in [6, 6.07) is 0. The van der Waals surface area contributed by atoms with Crippen molar-refractivity contribution < 1.29 is 34.4 Å². The summed E-state index contributed by atoms with van der Waals surface area (Å²) in [6.45, 7) is 6.13. The largest absolute Gasteiger partial charge is 0.462 e. The van der Waals surface area contributed by atoms with Gasteiger partial charge in [-0.2, -0.15) is 0 Å². The standard InChI is InChI=1S/C42H70O7/c1-4-6-21-29-38(44)30-23-17-13-11-14-18-24-31-39(45)32-25-20-27-34-42(47)49-40(35-43)36-48-41(46)33-26-19-15-10-8-7-9-12-16-22-28-37(3)5-2/h6,13-14,17-18,21,23-25,30-32,37-40,43-45H,4-5,7-12,15-16,19-20,22,26-29,33-36H2,1-3H3/b17-13-,18-14-,21-6-,30-23+,31-24+,32-25-/t37?,38-,39-,40-/m0/s1. The summed E-state index contributed by atoms with van der Waals surface area (Å²) in [5, 5.41) is 29.4. The molecule has 0 aromatic rings. The van der Waals surface area contributed by atoms with Crippen LogP contribution in [0.25, 0.3) is 0 Å². The molecule has 0 amide bonds. The predicted molar refractivity (Wildman–Crippen MR) is 203 cm³/mol. The lowest BCUT2D eigenvalue weighted by Crippen LogP contribution is -2.28. The van der Waals surface area contributed by atoms with Crippen LogP contribution in [0.15, 0.2) is 72.9 Å². The van der Waals surface area contributed by atoms with Gasteiger partial charge in [0.1, 0.15) is 6.61 Å². The highest BCUT2D eigenvalue weighted by molar-refractivity contribution is 5.70. The first-order chi connectivity index (χ1) is 23.8. The van der Waals surface area contributed by atoms with E-state index in [0.29, 0.717) is 25.7 Å². The van der Waals surface area contributed by atoms with Crippen LogP contribution in [-0.2, 0) is 19.1 Å². The van der Waals surface area contributed by atoms with Crippen molar-refractivity contribution in [1.82, 2.24) is 0 Å². The number of unbranched alkanes of at least 4 members (excludes halogenated alkanes) is 10. The first-order valence-electron chi connectivity index (χ1n) is 19.1. The van der Waals surface area contributed by atoms with Gasteiger partial charge in [-0.05, 0) is 44.4 Å². The predicted octanol–water partition coefficient (Wildman–Crippen LogP) is 9.58. The van der Waals surface area contributed by atoms with E-state index >= 15 is 0 Å². The monoisotopic (exact) mass is 687 g/mol. The molecule has 0 bridgehead atoms. The molecule has 0 aromatic carbocycles. The molecule has 0 saturated heterocycles. The quantitative estimate of drug-likeness (QED) is 0.0280. The number of esters is 2. The lowest BCUT2D eigenvalue weighted by molar-refractivity contribution is -0.161. The number of aliphatic hydroxyl groups is 3. The summed E-state index contributed by atoms with van der Waals surface area (Å²) in [5.74, 6) is 0.0818. The zero-order valence-electron chi connectivity index (χ0n) is 31.1. The number of hydrogen-bond donors (Lipinski definition) is 3. The normalized spacial score (nSPS) is 15.0. The van der Waals surface area contributed by atoms with Crippen molar-refractivity contribution in [3.05, 3.63) is 72.9 Å². The molecule has 7 heteroatoms. The molecule has 0 spiro atoms. The first kappa shape index (κ1) is 46.3. The number of carbonyl (C=O) groups excluding carboxylic acids is 2. The maximum Gasteiger partial charge on any atom is 0.306 e. The summed E-state index contributed by atoms with van der Waals surface area (Å²) in [6.07, 6.45) is 38.9. The van der Waals surface area contributed by atoms with Crippen LogP contribution in [0.2, 0.25) is 0 Å². The van der Waals surface area contributed by atoms with Crippen molar-refractivity contribution in [2.24, 2.45) is 5.92 Å². The maximum atomic E-state index is 12.2. The first-order valence-corrected chi connectivity index (χ1v) is 19.1. The molecule has 0 fully saturated rings. The molecule has 7 nitrogen and oxygen atoms in total. The average molecular weight is 687 g/mol. The second kappa shape index (κ2) is 35.1. The van der Waals surface area contributed by atoms with Crippen LogP contribution in [0.4, 0.5) is 0 Å². The van der Waals surface area contributed by atoms with Gasteiger partial charge in [-0.25, -0.2) is 0 Å². The molecule has 3 N–H and O–H groups in total. The molecular weight excluding hydrogens is 616 g/mol. The minimum absolute atomic E-state index is 0.139. The second-order valence-corrected chi connectivity index (χ2v) is 12.9. The fraction of sp³-hybridized carbons (Fsp3) is 0.667. The molecule has 0 saturated carbocycles. The second-order valence-electron chi connectivity index (χ2n) is 12.9.